The fourth-order valence-electron chi connectivity index (χ4n) is 6.63. The lowest BCUT2D eigenvalue weighted by molar-refractivity contribution is -0.129. The van der Waals surface area contributed by atoms with Gasteiger partial charge < -0.3 is 20.7 Å². The average molecular weight is 435 g/mol. The molecule has 1 amide bonds. The molecule has 4 bridgehead atoms. The third-order valence-corrected chi connectivity index (χ3v) is 7.78. The lowest BCUT2D eigenvalue weighted by Crippen LogP contribution is -2.59. The van der Waals surface area contributed by atoms with E-state index in [2.05, 4.69) is 20.6 Å². The Morgan fingerprint density at radius 2 is 1.97 bits per heavy atom. The number of aromatic amines is 1. The maximum Gasteiger partial charge on any atom is 0.255 e. The highest BCUT2D eigenvalue weighted by atomic mass is 19.1. The molecule has 7 heteroatoms. The molecule has 4 aliphatic carbocycles. The molecule has 32 heavy (non-hydrogen) atoms. The Hall–Kier alpha value is -2.93. The predicted octanol–water partition coefficient (Wildman–Crippen LogP) is 3.98. The van der Waals surface area contributed by atoms with Crippen molar-refractivity contribution in [3.05, 3.63) is 59.7 Å². The van der Waals surface area contributed by atoms with E-state index in [0.717, 1.165) is 48.8 Å². The van der Waals surface area contributed by atoms with Crippen LogP contribution in [0.15, 0.2) is 42.7 Å². The van der Waals surface area contributed by atoms with Crippen molar-refractivity contribution in [2.75, 3.05) is 5.32 Å². The molecule has 4 N–H and O–H groups in total. The van der Waals surface area contributed by atoms with Crippen LogP contribution >= 0.6 is 0 Å². The zero-order valence-electron chi connectivity index (χ0n) is 17.8. The number of benzene rings is 1. The number of nitrogens with zero attached hydrogens (tertiary/aromatic N) is 1. The van der Waals surface area contributed by atoms with Crippen LogP contribution in [0.5, 0.6) is 0 Å². The first kappa shape index (κ1) is 19.7. The summed E-state index contributed by atoms with van der Waals surface area (Å²) >= 11 is 0. The van der Waals surface area contributed by atoms with Gasteiger partial charge in [-0.15, -0.1) is 0 Å². The lowest BCUT2D eigenvalue weighted by atomic mass is 9.52. The van der Waals surface area contributed by atoms with Crippen LogP contribution in [-0.2, 0) is 6.54 Å². The molecule has 6 nitrogen and oxygen atoms in total. The maximum absolute atomic E-state index is 14.0. The van der Waals surface area contributed by atoms with Crippen molar-refractivity contribution >= 4 is 22.6 Å². The summed E-state index contributed by atoms with van der Waals surface area (Å²) < 4.78 is 14.0. The van der Waals surface area contributed by atoms with Crippen LogP contribution in [0.25, 0.3) is 11.0 Å². The normalized spacial score (nSPS) is 30.6. The highest BCUT2D eigenvalue weighted by molar-refractivity contribution is 6.06. The van der Waals surface area contributed by atoms with Gasteiger partial charge in [-0.25, -0.2) is 9.37 Å². The summed E-state index contributed by atoms with van der Waals surface area (Å²) in [5.74, 6) is 0.806. The number of fused-ring (bicyclic) bond motifs is 1. The number of carbonyl (C=O) groups is 1. The van der Waals surface area contributed by atoms with Crippen molar-refractivity contribution in [2.24, 2.45) is 17.8 Å². The molecule has 7 rings (SSSR count). The van der Waals surface area contributed by atoms with E-state index in [4.69, 9.17) is 0 Å². The van der Waals surface area contributed by atoms with Gasteiger partial charge in [0.2, 0.25) is 0 Å². The van der Waals surface area contributed by atoms with Crippen LogP contribution in [0.2, 0.25) is 0 Å². The quantitative estimate of drug-likeness (QED) is 0.489. The maximum atomic E-state index is 14.0. The summed E-state index contributed by atoms with van der Waals surface area (Å²) in [5.41, 5.74) is 1.89. The molecule has 0 radical (unpaired) electrons. The van der Waals surface area contributed by atoms with E-state index in [9.17, 15) is 14.3 Å². The van der Waals surface area contributed by atoms with Gasteiger partial charge in [0.05, 0.1) is 16.9 Å². The largest absolute Gasteiger partial charge is 0.390 e. The summed E-state index contributed by atoms with van der Waals surface area (Å²) in [6, 6.07) is 8.61. The van der Waals surface area contributed by atoms with Gasteiger partial charge in [0.1, 0.15) is 11.5 Å². The fraction of sp³-hybridized carbons (Fsp3) is 0.440. The minimum Gasteiger partial charge on any atom is -0.390 e. The van der Waals surface area contributed by atoms with Gasteiger partial charge in [-0.05, 0) is 62.0 Å². The average Bonchev–Trinajstić information content (AvgIpc) is 3.23. The molecule has 0 aliphatic heterocycles. The van der Waals surface area contributed by atoms with Crippen LogP contribution in [0.1, 0.15) is 48.0 Å². The smallest absolute Gasteiger partial charge is 0.255 e. The summed E-state index contributed by atoms with van der Waals surface area (Å²) in [6.07, 6.45) is 8.26. The van der Waals surface area contributed by atoms with E-state index in [1.807, 2.05) is 12.3 Å². The zero-order chi connectivity index (χ0) is 21.9. The number of hydrogen-bond donors (Lipinski definition) is 4. The highest BCUT2D eigenvalue weighted by Crippen LogP contribution is 2.56. The Kier molecular flexibility index (Phi) is 4.50. The van der Waals surface area contributed by atoms with Gasteiger partial charge in [-0.3, -0.25) is 4.79 Å². The lowest BCUT2D eigenvalue weighted by Gasteiger charge is -2.58. The van der Waals surface area contributed by atoms with Crippen LogP contribution in [0.4, 0.5) is 10.1 Å². The summed E-state index contributed by atoms with van der Waals surface area (Å²) in [7, 11) is 0. The second-order valence-electron chi connectivity index (χ2n) is 9.93. The van der Waals surface area contributed by atoms with Crippen LogP contribution < -0.4 is 10.6 Å². The zero-order valence-corrected chi connectivity index (χ0v) is 17.8. The van der Waals surface area contributed by atoms with Crippen LogP contribution in [0.3, 0.4) is 0 Å². The molecule has 4 saturated carbocycles. The van der Waals surface area contributed by atoms with E-state index < -0.39 is 5.60 Å². The molecule has 4 aliphatic rings. The van der Waals surface area contributed by atoms with E-state index in [1.54, 1.807) is 24.4 Å². The molecule has 0 spiro atoms. The van der Waals surface area contributed by atoms with Crippen LogP contribution in [-0.4, -0.2) is 32.6 Å². The Morgan fingerprint density at radius 1 is 1.19 bits per heavy atom. The number of carbonyl (C=O) groups excluding carboxylic acids is 1. The molecule has 3 aromatic rings. The second kappa shape index (κ2) is 7.30. The van der Waals surface area contributed by atoms with Crippen LogP contribution in [0, 0.1) is 23.6 Å². The Bertz CT molecular complexity index is 1180. The Balaban J connectivity index is 1.29. The van der Waals surface area contributed by atoms with Crippen molar-refractivity contribution in [2.45, 2.75) is 50.3 Å². The minimum atomic E-state index is -0.504. The van der Waals surface area contributed by atoms with Crippen molar-refractivity contribution < 1.29 is 14.3 Å². The molecular weight excluding hydrogens is 407 g/mol. The fourth-order valence-corrected chi connectivity index (χ4v) is 6.63. The van der Waals surface area contributed by atoms with E-state index in [1.165, 1.54) is 6.07 Å². The standard InChI is InChI=1S/C25H27FN4O2/c26-20-4-2-1-3-15(20)12-29-24(31)19-13-28-23-18(5-6-27-23)22(19)30-21-16-7-14-8-17(21)11-25(32,9-14)10-16/h1-6,13-14,16-17,21,32H,7-12H2,(H,29,31)(H2,27,28,30). The number of halogens is 1. The molecule has 0 saturated heterocycles. The van der Waals surface area contributed by atoms with Gasteiger partial charge in [-0.2, -0.15) is 0 Å². The number of anilines is 1. The third-order valence-electron chi connectivity index (χ3n) is 7.78. The van der Waals surface area contributed by atoms with Gasteiger partial charge in [0.25, 0.3) is 5.91 Å². The number of rotatable bonds is 5. The molecular formula is C25H27FN4O2. The first-order valence-corrected chi connectivity index (χ1v) is 11.5. The predicted molar refractivity (Wildman–Crippen MR) is 120 cm³/mol. The van der Waals surface area contributed by atoms with Crippen molar-refractivity contribution in [1.82, 2.24) is 15.3 Å². The number of H-pyrrole nitrogens is 1. The summed E-state index contributed by atoms with van der Waals surface area (Å²) in [4.78, 5) is 20.7. The molecule has 2 aromatic heterocycles. The topological polar surface area (TPSA) is 90.0 Å². The first-order chi connectivity index (χ1) is 15.5. The molecule has 2 unspecified atom stereocenters. The van der Waals surface area contributed by atoms with E-state index in [0.29, 0.717) is 28.9 Å². The SMILES string of the molecule is O=C(NCc1ccccc1F)c1cnc2[nH]ccc2c1NC1C2CC3CC1CC(O)(C3)C2. The number of nitrogens with one attached hydrogen (secondary N) is 3. The van der Waals surface area contributed by atoms with E-state index in [-0.39, 0.29) is 24.3 Å². The molecule has 1 aromatic carbocycles. The number of amides is 1. The van der Waals surface area contributed by atoms with E-state index >= 15 is 0 Å². The molecule has 2 atom stereocenters. The minimum absolute atomic E-state index is 0.111. The molecule has 166 valence electrons. The van der Waals surface area contributed by atoms with Crippen molar-refractivity contribution in [1.29, 1.82) is 0 Å². The van der Waals surface area contributed by atoms with Gasteiger partial charge in [0.15, 0.2) is 0 Å². The first-order valence-electron chi connectivity index (χ1n) is 11.5. The highest BCUT2D eigenvalue weighted by Gasteiger charge is 2.54. The second-order valence-corrected chi connectivity index (χ2v) is 9.93. The Labute approximate surface area is 185 Å². The molecule has 4 fully saturated rings. The molecule has 2 heterocycles. The van der Waals surface area contributed by atoms with Gasteiger partial charge in [-0.1, -0.05) is 18.2 Å². The van der Waals surface area contributed by atoms with Crippen molar-refractivity contribution in [3.8, 4) is 0 Å². The summed E-state index contributed by atoms with van der Waals surface area (Å²) in [6.45, 7) is 0.111. The summed E-state index contributed by atoms with van der Waals surface area (Å²) in [5, 5.41) is 18.4. The monoisotopic (exact) mass is 434 g/mol. The van der Waals surface area contributed by atoms with Gasteiger partial charge >= 0.3 is 0 Å². The third kappa shape index (κ3) is 3.26. The number of aliphatic hydroxyl groups is 1. The van der Waals surface area contributed by atoms with Gasteiger partial charge in [0, 0.05) is 35.9 Å². The number of hydrogen-bond acceptors (Lipinski definition) is 4. The number of pyridine rings is 1. The Morgan fingerprint density at radius 3 is 2.72 bits per heavy atom. The number of aromatic nitrogens is 2. The van der Waals surface area contributed by atoms with Crippen molar-refractivity contribution in [3.63, 3.8) is 0 Å².